The summed E-state index contributed by atoms with van der Waals surface area (Å²) >= 11 is 0. The maximum Gasteiger partial charge on any atom is 0.227 e. The smallest absolute Gasteiger partial charge is 0.227 e. The first-order valence-electron chi connectivity index (χ1n) is 10.0. The van der Waals surface area contributed by atoms with Crippen LogP contribution in [0.25, 0.3) is 0 Å². The molecule has 0 amide bonds. The number of nitrogens with zero attached hydrogens (tertiary/aromatic N) is 2. The summed E-state index contributed by atoms with van der Waals surface area (Å²) in [7, 11) is 0. The molecule has 0 saturated carbocycles. The molecule has 1 aliphatic rings. The minimum atomic E-state index is -0.136. The van der Waals surface area contributed by atoms with Gasteiger partial charge in [-0.3, -0.25) is 9.69 Å². The standard InChI is InChI=1S/C24H26N2O3/c1-19-7-5-6-8-20(19)17-29-24-18-28-22(15-23(24)27)16-25-11-13-26(14-12-25)21-9-3-2-4-10-21/h2-10,15,18H,11-14,16-17H2,1H3. The fourth-order valence-electron chi connectivity index (χ4n) is 3.58. The van der Waals surface area contributed by atoms with Gasteiger partial charge in [0.25, 0.3) is 0 Å². The van der Waals surface area contributed by atoms with Gasteiger partial charge < -0.3 is 14.1 Å². The lowest BCUT2D eigenvalue weighted by Crippen LogP contribution is -2.46. The van der Waals surface area contributed by atoms with Crippen molar-refractivity contribution in [3.05, 3.63) is 94.0 Å². The number of piperazine rings is 1. The van der Waals surface area contributed by atoms with E-state index in [-0.39, 0.29) is 11.2 Å². The van der Waals surface area contributed by atoms with Gasteiger partial charge in [0.15, 0.2) is 0 Å². The highest BCUT2D eigenvalue weighted by Gasteiger charge is 2.18. The van der Waals surface area contributed by atoms with Gasteiger partial charge in [-0.2, -0.15) is 0 Å². The lowest BCUT2D eigenvalue weighted by atomic mass is 10.1. The van der Waals surface area contributed by atoms with E-state index in [2.05, 4.69) is 34.1 Å². The van der Waals surface area contributed by atoms with Crippen LogP contribution in [-0.4, -0.2) is 31.1 Å². The first-order chi connectivity index (χ1) is 14.2. The van der Waals surface area contributed by atoms with Gasteiger partial charge >= 0.3 is 0 Å². The van der Waals surface area contributed by atoms with Crippen LogP contribution >= 0.6 is 0 Å². The number of hydrogen-bond donors (Lipinski definition) is 0. The normalized spacial score (nSPS) is 14.7. The number of hydrogen-bond acceptors (Lipinski definition) is 5. The summed E-state index contributed by atoms with van der Waals surface area (Å²) in [5.41, 5.74) is 3.33. The van der Waals surface area contributed by atoms with E-state index in [1.54, 1.807) is 6.07 Å². The summed E-state index contributed by atoms with van der Waals surface area (Å²) in [6.07, 6.45) is 1.44. The van der Waals surface area contributed by atoms with Crippen LogP contribution in [0.3, 0.4) is 0 Å². The topological polar surface area (TPSA) is 45.9 Å². The van der Waals surface area contributed by atoms with E-state index in [4.69, 9.17) is 9.15 Å². The maximum absolute atomic E-state index is 12.4. The van der Waals surface area contributed by atoms with E-state index < -0.39 is 0 Å². The number of ether oxygens (including phenoxy) is 1. The van der Waals surface area contributed by atoms with Crippen LogP contribution in [0.2, 0.25) is 0 Å². The fourth-order valence-corrected chi connectivity index (χ4v) is 3.58. The molecule has 4 rings (SSSR count). The molecule has 3 aromatic rings. The molecular weight excluding hydrogens is 364 g/mol. The number of benzene rings is 2. The van der Waals surface area contributed by atoms with Crippen molar-refractivity contribution >= 4 is 5.69 Å². The summed E-state index contributed by atoms with van der Waals surface area (Å²) in [5.74, 6) is 0.928. The van der Waals surface area contributed by atoms with Crippen molar-refractivity contribution in [3.8, 4) is 5.75 Å². The zero-order chi connectivity index (χ0) is 20.1. The summed E-state index contributed by atoms with van der Waals surface area (Å²) < 4.78 is 11.4. The molecule has 29 heavy (non-hydrogen) atoms. The molecule has 0 N–H and O–H groups in total. The Bertz CT molecular complexity index is 992. The molecule has 0 bridgehead atoms. The Morgan fingerprint density at radius 2 is 1.69 bits per heavy atom. The van der Waals surface area contributed by atoms with Gasteiger partial charge in [-0.15, -0.1) is 0 Å². The third-order valence-electron chi connectivity index (χ3n) is 5.37. The largest absolute Gasteiger partial charge is 0.482 e. The van der Waals surface area contributed by atoms with Crippen molar-refractivity contribution in [2.45, 2.75) is 20.1 Å². The van der Waals surface area contributed by atoms with Gasteiger partial charge in [-0.1, -0.05) is 42.5 Å². The van der Waals surface area contributed by atoms with Crippen molar-refractivity contribution in [1.29, 1.82) is 0 Å². The van der Waals surface area contributed by atoms with Crippen LogP contribution in [0, 0.1) is 6.92 Å². The molecule has 1 aliphatic heterocycles. The quantitative estimate of drug-likeness (QED) is 0.640. The third kappa shape index (κ3) is 4.87. The zero-order valence-electron chi connectivity index (χ0n) is 16.7. The molecule has 0 unspecified atom stereocenters. The first kappa shape index (κ1) is 19.3. The second-order valence-electron chi connectivity index (χ2n) is 7.39. The molecular formula is C24H26N2O3. The zero-order valence-corrected chi connectivity index (χ0v) is 16.7. The highest BCUT2D eigenvalue weighted by molar-refractivity contribution is 5.46. The summed E-state index contributed by atoms with van der Waals surface area (Å²) in [6.45, 7) is 6.82. The number of para-hydroxylation sites is 1. The predicted octanol–water partition coefficient (Wildman–Crippen LogP) is 3.85. The first-order valence-corrected chi connectivity index (χ1v) is 10.0. The minimum Gasteiger partial charge on any atom is -0.482 e. The molecule has 2 heterocycles. The Morgan fingerprint density at radius 1 is 0.966 bits per heavy atom. The Morgan fingerprint density at radius 3 is 2.41 bits per heavy atom. The molecule has 150 valence electrons. The molecule has 2 aromatic carbocycles. The molecule has 0 spiro atoms. The molecule has 1 fully saturated rings. The van der Waals surface area contributed by atoms with Gasteiger partial charge in [-0.05, 0) is 30.2 Å². The SMILES string of the molecule is Cc1ccccc1COc1coc(CN2CCN(c3ccccc3)CC2)cc1=O. The molecule has 1 aromatic heterocycles. The highest BCUT2D eigenvalue weighted by Crippen LogP contribution is 2.17. The maximum atomic E-state index is 12.4. The van der Waals surface area contributed by atoms with Crippen molar-refractivity contribution in [3.63, 3.8) is 0 Å². The van der Waals surface area contributed by atoms with Crippen molar-refractivity contribution in [1.82, 2.24) is 4.90 Å². The number of aryl methyl sites for hydroxylation is 1. The van der Waals surface area contributed by atoms with Crippen molar-refractivity contribution in [2.75, 3.05) is 31.1 Å². The Balaban J connectivity index is 1.32. The minimum absolute atomic E-state index is 0.136. The second-order valence-corrected chi connectivity index (χ2v) is 7.39. The predicted molar refractivity (Wildman–Crippen MR) is 114 cm³/mol. The van der Waals surface area contributed by atoms with Crippen LogP contribution in [0.5, 0.6) is 5.75 Å². The van der Waals surface area contributed by atoms with Crippen LogP contribution in [0.1, 0.15) is 16.9 Å². The third-order valence-corrected chi connectivity index (χ3v) is 5.37. The van der Waals surface area contributed by atoms with E-state index >= 15 is 0 Å². The van der Waals surface area contributed by atoms with Gasteiger partial charge in [-0.25, -0.2) is 0 Å². The molecule has 0 atom stereocenters. The van der Waals surface area contributed by atoms with Gasteiger partial charge in [0.2, 0.25) is 11.2 Å². The second kappa shape index (κ2) is 8.97. The van der Waals surface area contributed by atoms with E-state index in [9.17, 15) is 4.79 Å². The van der Waals surface area contributed by atoms with Crippen LogP contribution in [0.4, 0.5) is 5.69 Å². The Kier molecular flexibility index (Phi) is 5.96. The lowest BCUT2D eigenvalue weighted by Gasteiger charge is -2.35. The average Bonchev–Trinajstić information content (AvgIpc) is 2.75. The molecule has 0 radical (unpaired) electrons. The molecule has 5 nitrogen and oxygen atoms in total. The highest BCUT2D eigenvalue weighted by atomic mass is 16.5. The van der Waals surface area contributed by atoms with E-state index in [1.807, 2.05) is 37.3 Å². The van der Waals surface area contributed by atoms with Crippen molar-refractivity contribution < 1.29 is 9.15 Å². The molecule has 1 saturated heterocycles. The van der Waals surface area contributed by atoms with Crippen LogP contribution < -0.4 is 15.1 Å². The summed E-state index contributed by atoms with van der Waals surface area (Å²) in [6, 6.07) is 20.0. The fraction of sp³-hybridized carbons (Fsp3) is 0.292. The van der Waals surface area contributed by atoms with Crippen molar-refractivity contribution in [2.24, 2.45) is 0 Å². The number of anilines is 1. The monoisotopic (exact) mass is 390 g/mol. The van der Waals surface area contributed by atoms with E-state index in [0.29, 0.717) is 18.9 Å². The summed E-state index contributed by atoms with van der Waals surface area (Å²) in [4.78, 5) is 17.1. The lowest BCUT2D eigenvalue weighted by molar-refractivity contribution is 0.224. The Hall–Kier alpha value is -3.05. The average molecular weight is 390 g/mol. The molecule has 5 heteroatoms. The van der Waals surface area contributed by atoms with E-state index in [0.717, 1.165) is 37.3 Å². The van der Waals surface area contributed by atoms with Gasteiger partial charge in [0.05, 0.1) is 6.54 Å². The van der Waals surface area contributed by atoms with E-state index in [1.165, 1.54) is 12.0 Å². The summed E-state index contributed by atoms with van der Waals surface area (Å²) in [5, 5.41) is 0. The number of rotatable bonds is 6. The molecule has 0 aliphatic carbocycles. The van der Waals surface area contributed by atoms with Crippen LogP contribution in [0.15, 0.2) is 76.1 Å². The van der Waals surface area contributed by atoms with Gasteiger partial charge in [0, 0.05) is 37.9 Å². The van der Waals surface area contributed by atoms with Crippen LogP contribution in [-0.2, 0) is 13.2 Å². The Labute approximate surface area is 171 Å². The van der Waals surface area contributed by atoms with Gasteiger partial charge in [0.1, 0.15) is 18.6 Å².